The zero-order valence-corrected chi connectivity index (χ0v) is 13.1. The topological polar surface area (TPSA) is 36.9 Å². The highest BCUT2D eigenvalue weighted by Crippen LogP contribution is 2.46. The Morgan fingerprint density at radius 1 is 0.636 bits per heavy atom. The Bertz CT molecular complexity index is 839. The monoisotopic (exact) mass is 298 g/mol. The van der Waals surface area contributed by atoms with E-state index in [0.717, 1.165) is 27.3 Å². The van der Waals surface area contributed by atoms with Crippen molar-refractivity contribution in [2.75, 3.05) is 28.4 Å². The quantitative estimate of drug-likeness (QED) is 0.682. The van der Waals surface area contributed by atoms with E-state index in [1.165, 1.54) is 0 Å². The summed E-state index contributed by atoms with van der Waals surface area (Å²) in [4.78, 5) is 0. The average Bonchev–Trinajstić information content (AvgIpc) is 2.58. The third kappa shape index (κ3) is 2.08. The Kier molecular flexibility index (Phi) is 3.67. The second kappa shape index (κ2) is 5.64. The SMILES string of the molecule is COc1ccc2ccc3cc(OC)c(OC)c(OC)c3c2c1. The highest BCUT2D eigenvalue weighted by molar-refractivity contribution is 6.12. The molecule has 0 spiro atoms. The molecule has 22 heavy (non-hydrogen) atoms. The normalized spacial score (nSPS) is 10.7. The van der Waals surface area contributed by atoms with Crippen LogP contribution in [0.25, 0.3) is 21.5 Å². The fourth-order valence-corrected chi connectivity index (χ4v) is 2.79. The first-order valence-corrected chi connectivity index (χ1v) is 6.93. The van der Waals surface area contributed by atoms with E-state index in [1.54, 1.807) is 28.4 Å². The summed E-state index contributed by atoms with van der Waals surface area (Å²) in [7, 11) is 6.52. The Hall–Kier alpha value is -2.62. The summed E-state index contributed by atoms with van der Waals surface area (Å²) in [6.45, 7) is 0. The fourth-order valence-electron chi connectivity index (χ4n) is 2.79. The third-order valence-electron chi connectivity index (χ3n) is 3.83. The van der Waals surface area contributed by atoms with Crippen LogP contribution in [0, 0.1) is 0 Å². The zero-order chi connectivity index (χ0) is 15.7. The summed E-state index contributed by atoms with van der Waals surface area (Å²) in [5, 5.41) is 4.17. The summed E-state index contributed by atoms with van der Waals surface area (Å²) >= 11 is 0. The molecule has 0 radical (unpaired) electrons. The van der Waals surface area contributed by atoms with Gasteiger partial charge < -0.3 is 18.9 Å². The molecule has 0 heterocycles. The van der Waals surface area contributed by atoms with Gasteiger partial charge in [0.15, 0.2) is 11.5 Å². The van der Waals surface area contributed by atoms with Crippen LogP contribution in [-0.2, 0) is 0 Å². The van der Waals surface area contributed by atoms with Gasteiger partial charge in [-0.2, -0.15) is 0 Å². The van der Waals surface area contributed by atoms with E-state index in [0.29, 0.717) is 17.2 Å². The van der Waals surface area contributed by atoms with Crippen molar-refractivity contribution in [3.63, 3.8) is 0 Å². The van der Waals surface area contributed by atoms with E-state index in [9.17, 15) is 0 Å². The van der Waals surface area contributed by atoms with Gasteiger partial charge in [-0.05, 0) is 34.4 Å². The lowest BCUT2D eigenvalue weighted by atomic mass is 10.00. The van der Waals surface area contributed by atoms with Crippen LogP contribution in [0.2, 0.25) is 0 Å². The summed E-state index contributed by atoms with van der Waals surface area (Å²) < 4.78 is 21.9. The molecule has 0 aromatic heterocycles. The Morgan fingerprint density at radius 3 is 1.95 bits per heavy atom. The second-order valence-electron chi connectivity index (χ2n) is 4.90. The number of ether oxygens (including phenoxy) is 4. The van der Waals surface area contributed by atoms with E-state index >= 15 is 0 Å². The maximum atomic E-state index is 5.63. The molecule has 0 saturated heterocycles. The summed E-state index contributed by atoms with van der Waals surface area (Å²) in [5.41, 5.74) is 0. The number of fused-ring (bicyclic) bond motifs is 3. The molecule has 0 unspecified atom stereocenters. The van der Waals surface area contributed by atoms with Crippen LogP contribution in [0.1, 0.15) is 0 Å². The summed E-state index contributed by atoms with van der Waals surface area (Å²) in [6, 6.07) is 12.1. The van der Waals surface area contributed by atoms with E-state index in [2.05, 4.69) is 12.1 Å². The van der Waals surface area contributed by atoms with Crippen LogP contribution >= 0.6 is 0 Å². The van der Waals surface area contributed by atoms with Gasteiger partial charge in [0.25, 0.3) is 0 Å². The minimum absolute atomic E-state index is 0.591. The number of hydrogen-bond acceptors (Lipinski definition) is 4. The Labute approximate surface area is 129 Å². The van der Waals surface area contributed by atoms with Gasteiger partial charge in [-0.15, -0.1) is 0 Å². The van der Waals surface area contributed by atoms with Gasteiger partial charge in [0.2, 0.25) is 5.75 Å². The smallest absolute Gasteiger partial charge is 0.203 e. The lowest BCUT2D eigenvalue weighted by Crippen LogP contribution is -1.96. The standard InChI is InChI=1S/C18H18O4/c1-19-13-8-7-11-5-6-12-9-15(20-2)17(21-3)18(22-4)16(12)14(11)10-13/h5-10H,1-4H3. The van der Waals surface area contributed by atoms with Gasteiger partial charge in [0.05, 0.1) is 28.4 Å². The molecule has 0 N–H and O–H groups in total. The minimum atomic E-state index is 0.591. The molecule has 0 aliphatic carbocycles. The van der Waals surface area contributed by atoms with E-state index in [1.807, 2.05) is 24.3 Å². The van der Waals surface area contributed by atoms with Gasteiger partial charge in [0, 0.05) is 5.39 Å². The molecule has 0 aliphatic heterocycles. The second-order valence-corrected chi connectivity index (χ2v) is 4.90. The van der Waals surface area contributed by atoms with Gasteiger partial charge in [-0.3, -0.25) is 0 Å². The Balaban J connectivity index is 2.50. The highest BCUT2D eigenvalue weighted by Gasteiger charge is 2.18. The molecule has 4 heteroatoms. The molecule has 0 aliphatic rings. The largest absolute Gasteiger partial charge is 0.497 e. The van der Waals surface area contributed by atoms with Crippen molar-refractivity contribution in [2.24, 2.45) is 0 Å². The molecule has 0 fully saturated rings. The van der Waals surface area contributed by atoms with Gasteiger partial charge >= 0.3 is 0 Å². The van der Waals surface area contributed by atoms with Crippen molar-refractivity contribution in [2.45, 2.75) is 0 Å². The molecular weight excluding hydrogens is 280 g/mol. The van der Waals surface area contributed by atoms with Crippen molar-refractivity contribution in [3.05, 3.63) is 36.4 Å². The first-order chi connectivity index (χ1) is 10.7. The molecule has 3 rings (SSSR count). The molecule has 3 aromatic carbocycles. The molecule has 0 atom stereocenters. The van der Waals surface area contributed by atoms with Gasteiger partial charge in [-0.1, -0.05) is 18.2 Å². The zero-order valence-electron chi connectivity index (χ0n) is 13.1. The van der Waals surface area contributed by atoms with Crippen molar-refractivity contribution < 1.29 is 18.9 Å². The average molecular weight is 298 g/mol. The van der Waals surface area contributed by atoms with Crippen molar-refractivity contribution in [3.8, 4) is 23.0 Å². The van der Waals surface area contributed by atoms with E-state index in [4.69, 9.17) is 18.9 Å². The molecule has 0 amide bonds. The number of methoxy groups -OCH3 is 4. The van der Waals surface area contributed by atoms with Crippen LogP contribution in [-0.4, -0.2) is 28.4 Å². The molecule has 3 aromatic rings. The lowest BCUT2D eigenvalue weighted by Gasteiger charge is -2.16. The first kappa shape index (κ1) is 14.3. The van der Waals surface area contributed by atoms with Crippen LogP contribution < -0.4 is 18.9 Å². The molecule has 114 valence electrons. The predicted octanol–water partition coefficient (Wildman–Crippen LogP) is 4.03. The van der Waals surface area contributed by atoms with Crippen molar-refractivity contribution in [1.29, 1.82) is 0 Å². The number of rotatable bonds is 4. The first-order valence-electron chi connectivity index (χ1n) is 6.93. The maximum Gasteiger partial charge on any atom is 0.203 e. The summed E-state index contributed by atoms with van der Waals surface area (Å²) in [6.07, 6.45) is 0. The fraction of sp³-hybridized carbons (Fsp3) is 0.222. The highest BCUT2D eigenvalue weighted by atomic mass is 16.5. The van der Waals surface area contributed by atoms with Crippen LogP contribution in [0.15, 0.2) is 36.4 Å². The predicted molar refractivity (Wildman–Crippen MR) is 87.7 cm³/mol. The molecule has 0 bridgehead atoms. The molecule has 0 saturated carbocycles. The van der Waals surface area contributed by atoms with Crippen LogP contribution in [0.3, 0.4) is 0 Å². The lowest BCUT2D eigenvalue weighted by molar-refractivity contribution is 0.327. The molecular formula is C18H18O4. The van der Waals surface area contributed by atoms with Crippen LogP contribution in [0.5, 0.6) is 23.0 Å². The minimum Gasteiger partial charge on any atom is -0.497 e. The summed E-state index contributed by atoms with van der Waals surface area (Å²) in [5.74, 6) is 2.70. The maximum absolute atomic E-state index is 5.63. The van der Waals surface area contributed by atoms with Crippen LogP contribution in [0.4, 0.5) is 0 Å². The van der Waals surface area contributed by atoms with Crippen molar-refractivity contribution >= 4 is 21.5 Å². The number of benzene rings is 3. The van der Waals surface area contributed by atoms with E-state index in [-0.39, 0.29) is 0 Å². The number of hydrogen-bond donors (Lipinski definition) is 0. The van der Waals surface area contributed by atoms with E-state index < -0.39 is 0 Å². The van der Waals surface area contributed by atoms with Gasteiger partial charge in [-0.25, -0.2) is 0 Å². The Morgan fingerprint density at radius 2 is 1.32 bits per heavy atom. The molecule has 4 nitrogen and oxygen atoms in total. The van der Waals surface area contributed by atoms with Crippen molar-refractivity contribution in [1.82, 2.24) is 0 Å². The van der Waals surface area contributed by atoms with Gasteiger partial charge in [0.1, 0.15) is 5.75 Å². The third-order valence-corrected chi connectivity index (χ3v) is 3.83.